The maximum atomic E-state index is 13.5. The number of alkyl halides is 3. The largest absolute Gasteiger partial charge is 0.480 e. The second kappa shape index (κ2) is 9.20. The number of benzene rings is 2. The Morgan fingerprint density at radius 2 is 1.92 bits per heavy atom. The molecule has 0 N–H and O–H groups in total. The number of halogens is 3. The molecule has 1 unspecified atom stereocenters. The molecule has 3 aromatic rings. The van der Waals surface area contributed by atoms with Crippen LogP contribution in [0.25, 0.3) is 5.69 Å². The van der Waals surface area contributed by atoms with Gasteiger partial charge >= 0.3 is 6.18 Å². The molecule has 1 aliphatic heterocycles. The van der Waals surface area contributed by atoms with Crippen molar-refractivity contribution in [3.8, 4) is 11.4 Å². The van der Waals surface area contributed by atoms with E-state index < -0.39 is 28.0 Å². The predicted molar refractivity (Wildman–Crippen MR) is 129 cm³/mol. The minimum Gasteiger partial charge on any atom is -0.480 e. The molecule has 0 radical (unpaired) electrons. The fourth-order valence-corrected chi connectivity index (χ4v) is 6.01. The zero-order valence-corrected chi connectivity index (χ0v) is 21.1. The van der Waals surface area contributed by atoms with Gasteiger partial charge in [-0.15, -0.1) is 0 Å². The van der Waals surface area contributed by atoms with Crippen LogP contribution in [0.15, 0.2) is 53.6 Å². The summed E-state index contributed by atoms with van der Waals surface area (Å²) in [6, 6.07) is 11.3. The first-order chi connectivity index (χ1) is 17.4. The molecule has 1 atom stereocenters. The topological polar surface area (TPSA) is 81.5 Å². The van der Waals surface area contributed by atoms with Crippen molar-refractivity contribution in [2.75, 3.05) is 5.75 Å². The fourth-order valence-electron chi connectivity index (χ4n) is 4.29. The number of hydrogen-bond donors (Lipinski definition) is 0. The van der Waals surface area contributed by atoms with Gasteiger partial charge in [0.15, 0.2) is 15.9 Å². The molecule has 37 heavy (non-hydrogen) atoms. The van der Waals surface area contributed by atoms with Crippen molar-refractivity contribution in [1.29, 1.82) is 0 Å². The second-order valence-corrected chi connectivity index (χ2v) is 11.8. The zero-order valence-electron chi connectivity index (χ0n) is 20.3. The van der Waals surface area contributed by atoms with Crippen LogP contribution in [0.3, 0.4) is 0 Å². The number of carbonyl (C=O) groups excluding carboxylic acids is 1. The van der Waals surface area contributed by atoms with E-state index in [1.54, 1.807) is 4.68 Å². The third-order valence-electron chi connectivity index (χ3n) is 6.59. The van der Waals surface area contributed by atoms with E-state index >= 15 is 0 Å². The van der Waals surface area contributed by atoms with Crippen LogP contribution in [-0.2, 0) is 22.9 Å². The van der Waals surface area contributed by atoms with Crippen LogP contribution in [0.2, 0.25) is 0 Å². The molecule has 2 aromatic carbocycles. The first-order valence-corrected chi connectivity index (χ1v) is 13.6. The first kappa shape index (κ1) is 25.3. The predicted octanol–water partition coefficient (Wildman–Crippen LogP) is 4.85. The van der Waals surface area contributed by atoms with Crippen LogP contribution in [-0.4, -0.2) is 47.0 Å². The average molecular weight is 534 g/mol. The highest BCUT2D eigenvalue weighted by Crippen LogP contribution is 2.35. The summed E-state index contributed by atoms with van der Waals surface area (Å²) in [5, 5.41) is 4.57. The Labute approximate surface area is 212 Å². The lowest BCUT2D eigenvalue weighted by molar-refractivity contribution is -0.189. The van der Waals surface area contributed by atoms with E-state index in [2.05, 4.69) is 5.10 Å². The smallest absolute Gasteiger partial charge is 0.425 e. The van der Waals surface area contributed by atoms with E-state index in [9.17, 15) is 26.4 Å². The molecule has 1 aliphatic carbocycles. The van der Waals surface area contributed by atoms with Crippen LogP contribution in [0, 0.1) is 12.8 Å². The molecule has 7 nitrogen and oxygen atoms in total. The summed E-state index contributed by atoms with van der Waals surface area (Å²) in [6.45, 7) is 3.14. The van der Waals surface area contributed by atoms with Gasteiger partial charge in [0.2, 0.25) is 0 Å². The molecule has 0 bridgehead atoms. The van der Waals surface area contributed by atoms with Gasteiger partial charge in [-0.2, -0.15) is 18.3 Å². The summed E-state index contributed by atoms with van der Waals surface area (Å²) in [6.07, 6.45) is -3.38. The van der Waals surface area contributed by atoms with Crippen molar-refractivity contribution in [3.63, 3.8) is 0 Å². The lowest BCUT2D eigenvalue weighted by Crippen LogP contribution is -2.33. The molecule has 2 aliphatic rings. The van der Waals surface area contributed by atoms with E-state index in [4.69, 9.17) is 4.74 Å². The summed E-state index contributed by atoms with van der Waals surface area (Å²) in [4.78, 5) is 14.8. The standard InChI is InChI=1S/C26H26F3N3O4S/c1-16-4-3-5-20(10-16)32-13-19-12-31(14-23(19)30-32)25(33)22-11-21(37(34,35)15-18-6-7-18)8-9-24(22)36-17(2)26(27,28)29/h3-5,8-11,13,17-18H,6-7,12,14-15H2,1-2H3. The summed E-state index contributed by atoms with van der Waals surface area (Å²) in [5.41, 5.74) is 3.20. The van der Waals surface area contributed by atoms with Gasteiger partial charge in [-0.1, -0.05) is 12.1 Å². The highest BCUT2D eigenvalue weighted by Gasteiger charge is 2.39. The molecule has 11 heteroatoms. The van der Waals surface area contributed by atoms with Gasteiger partial charge in [0.25, 0.3) is 5.91 Å². The van der Waals surface area contributed by atoms with E-state index in [1.807, 2.05) is 37.4 Å². The van der Waals surface area contributed by atoms with Gasteiger partial charge in [0.05, 0.1) is 34.1 Å². The molecule has 5 rings (SSSR count). The number of hydrogen-bond acceptors (Lipinski definition) is 5. The maximum Gasteiger partial charge on any atom is 0.425 e. The van der Waals surface area contributed by atoms with Crippen LogP contribution >= 0.6 is 0 Å². The number of amides is 1. The van der Waals surface area contributed by atoms with Crippen molar-refractivity contribution < 1.29 is 31.1 Å². The van der Waals surface area contributed by atoms with Gasteiger partial charge in [-0.25, -0.2) is 13.1 Å². The quantitative estimate of drug-likeness (QED) is 0.434. The Morgan fingerprint density at radius 3 is 2.57 bits per heavy atom. The number of sulfone groups is 1. The summed E-state index contributed by atoms with van der Waals surface area (Å²) in [5.74, 6) is -0.908. The molecule has 0 spiro atoms. The Hall–Kier alpha value is -3.34. The molecule has 1 amide bonds. The molecule has 196 valence electrons. The molecular formula is C26H26F3N3O4S. The van der Waals surface area contributed by atoms with Crippen LogP contribution < -0.4 is 4.74 Å². The fraction of sp³-hybridized carbons (Fsp3) is 0.385. The number of carbonyl (C=O) groups is 1. The van der Waals surface area contributed by atoms with Crippen molar-refractivity contribution in [2.45, 2.75) is 57.0 Å². The lowest BCUT2D eigenvalue weighted by Gasteiger charge is -2.22. The van der Waals surface area contributed by atoms with E-state index in [-0.39, 0.29) is 41.0 Å². The lowest BCUT2D eigenvalue weighted by atomic mass is 10.1. The summed E-state index contributed by atoms with van der Waals surface area (Å²) in [7, 11) is -3.70. The highest BCUT2D eigenvalue weighted by atomic mass is 32.2. The van der Waals surface area contributed by atoms with E-state index in [1.165, 1.54) is 11.0 Å². The number of aromatic nitrogens is 2. The van der Waals surface area contributed by atoms with Crippen LogP contribution in [0.5, 0.6) is 5.75 Å². The summed E-state index contributed by atoms with van der Waals surface area (Å²) < 4.78 is 72.1. The molecule has 0 saturated heterocycles. The van der Waals surface area contributed by atoms with E-state index in [0.29, 0.717) is 5.69 Å². The molecular weight excluding hydrogens is 507 g/mol. The molecule has 1 aromatic heterocycles. The molecule has 1 saturated carbocycles. The van der Waals surface area contributed by atoms with E-state index in [0.717, 1.165) is 48.7 Å². The van der Waals surface area contributed by atoms with Crippen molar-refractivity contribution in [3.05, 3.63) is 71.0 Å². The average Bonchev–Trinajstić information content (AvgIpc) is 3.39. The number of nitrogens with zero attached hydrogens (tertiary/aromatic N) is 3. The summed E-state index contributed by atoms with van der Waals surface area (Å²) >= 11 is 0. The number of fused-ring (bicyclic) bond motifs is 1. The van der Waals surface area contributed by atoms with Crippen molar-refractivity contribution in [1.82, 2.24) is 14.7 Å². The zero-order chi connectivity index (χ0) is 26.5. The van der Waals surface area contributed by atoms with Gasteiger partial charge in [-0.3, -0.25) is 4.79 Å². The van der Waals surface area contributed by atoms with Crippen molar-refractivity contribution >= 4 is 15.7 Å². The second-order valence-electron chi connectivity index (χ2n) is 9.73. The van der Waals surface area contributed by atoms with Crippen LogP contribution in [0.1, 0.15) is 46.9 Å². The number of ether oxygens (including phenoxy) is 1. The first-order valence-electron chi connectivity index (χ1n) is 11.9. The monoisotopic (exact) mass is 533 g/mol. The number of aryl methyl sites for hydroxylation is 1. The third kappa shape index (κ3) is 5.36. The Morgan fingerprint density at radius 1 is 1.16 bits per heavy atom. The Balaban J connectivity index is 1.43. The van der Waals surface area contributed by atoms with Gasteiger partial charge in [0, 0.05) is 18.3 Å². The van der Waals surface area contributed by atoms with Crippen molar-refractivity contribution in [2.24, 2.45) is 5.92 Å². The Bertz CT molecular complexity index is 1440. The molecule has 1 fully saturated rings. The minimum atomic E-state index is -4.65. The van der Waals surface area contributed by atoms with Crippen LogP contribution in [0.4, 0.5) is 13.2 Å². The SMILES string of the molecule is Cc1cccc(-n2cc3c(n2)CN(C(=O)c2cc(S(=O)(=O)CC4CC4)ccc2OC(C)C(F)(F)F)C3)c1. The minimum absolute atomic E-state index is 0.0536. The third-order valence-corrected chi connectivity index (χ3v) is 8.47. The number of rotatable bonds is 7. The molecule has 2 heterocycles. The Kier molecular flexibility index (Phi) is 6.29. The van der Waals surface area contributed by atoms with Gasteiger partial charge < -0.3 is 9.64 Å². The van der Waals surface area contributed by atoms with Gasteiger partial charge in [0.1, 0.15) is 5.75 Å². The maximum absolute atomic E-state index is 13.5. The highest BCUT2D eigenvalue weighted by molar-refractivity contribution is 7.91. The normalized spacial score (nSPS) is 16.5. The van der Waals surface area contributed by atoms with Gasteiger partial charge in [-0.05, 0) is 68.5 Å².